The van der Waals surface area contributed by atoms with E-state index in [1.165, 1.54) is 0 Å². The second-order valence-corrected chi connectivity index (χ2v) is 9.59. The minimum atomic E-state index is -2.03. The number of carbonyl (C=O) groups excluding carboxylic acids is 3. The molecule has 4 aromatic carbocycles. The zero-order chi connectivity index (χ0) is 27.7. The molecule has 192 valence electrons. The third-order valence-corrected chi connectivity index (χ3v) is 7.86. The average Bonchev–Trinajstić information content (AvgIpc) is 2.99. The fraction of sp³-hybridized carbons (Fsp3) is 0.219. The lowest BCUT2D eigenvalue weighted by Crippen LogP contribution is -2.55. The Bertz CT molecular complexity index is 1580. The Morgan fingerprint density at radius 2 is 1.05 bits per heavy atom. The summed E-state index contributed by atoms with van der Waals surface area (Å²) in [6.07, 6.45) is 0. The Morgan fingerprint density at radius 1 is 0.667 bits per heavy atom. The molecule has 0 heterocycles. The first kappa shape index (κ1) is 25.6. The number of fused-ring (bicyclic) bond motifs is 2. The highest BCUT2D eigenvalue weighted by Crippen LogP contribution is 2.59. The molecule has 0 saturated heterocycles. The van der Waals surface area contributed by atoms with E-state index in [0.717, 1.165) is 25.0 Å². The lowest BCUT2D eigenvalue weighted by atomic mass is 9.50. The molecule has 7 nitrogen and oxygen atoms in total. The molecular formula is C32H24N2O5. The van der Waals surface area contributed by atoms with Gasteiger partial charge in [-0.25, -0.2) is 0 Å². The number of ketones is 1. The Morgan fingerprint density at radius 3 is 1.44 bits per heavy atom. The van der Waals surface area contributed by atoms with Gasteiger partial charge in [0, 0.05) is 11.8 Å². The van der Waals surface area contributed by atoms with Crippen LogP contribution in [0, 0.1) is 39.9 Å². The first-order valence-electron chi connectivity index (χ1n) is 12.4. The maximum atomic E-state index is 14.3. The highest BCUT2D eigenvalue weighted by Gasteiger charge is 2.66. The number of nitriles is 2. The van der Waals surface area contributed by atoms with E-state index in [-0.39, 0.29) is 0 Å². The number of esters is 2. The van der Waals surface area contributed by atoms with Crippen LogP contribution < -0.4 is 0 Å². The maximum Gasteiger partial charge on any atom is 0.316 e. The molecule has 0 aromatic heterocycles. The third kappa shape index (κ3) is 3.83. The first-order chi connectivity index (χ1) is 18.9. The highest BCUT2D eigenvalue weighted by atomic mass is 16.5. The Balaban J connectivity index is 1.92. The van der Waals surface area contributed by atoms with Crippen molar-refractivity contribution < 1.29 is 23.9 Å². The topological polar surface area (TPSA) is 117 Å². The van der Waals surface area contributed by atoms with Gasteiger partial charge in [-0.15, -0.1) is 0 Å². The molecule has 7 heteroatoms. The zero-order valence-corrected chi connectivity index (χ0v) is 21.3. The van der Waals surface area contributed by atoms with Crippen LogP contribution in [0.2, 0.25) is 0 Å². The summed E-state index contributed by atoms with van der Waals surface area (Å²) >= 11 is 0. The fourth-order valence-corrected chi connectivity index (χ4v) is 6.20. The van der Waals surface area contributed by atoms with Gasteiger partial charge in [-0.2, -0.15) is 10.5 Å². The summed E-state index contributed by atoms with van der Waals surface area (Å²) in [6.45, 7) is 0. The van der Waals surface area contributed by atoms with Crippen molar-refractivity contribution in [2.24, 2.45) is 17.3 Å². The summed E-state index contributed by atoms with van der Waals surface area (Å²) < 4.78 is 10.1. The van der Waals surface area contributed by atoms with Gasteiger partial charge in [0.05, 0.1) is 26.4 Å². The highest BCUT2D eigenvalue weighted by molar-refractivity contribution is 6.12. The van der Waals surface area contributed by atoms with Gasteiger partial charge >= 0.3 is 11.9 Å². The number of ether oxygens (including phenoxy) is 2. The zero-order valence-electron chi connectivity index (χ0n) is 21.3. The van der Waals surface area contributed by atoms with Crippen LogP contribution in [0.25, 0.3) is 21.5 Å². The molecule has 0 bridgehead atoms. The maximum absolute atomic E-state index is 14.3. The number of Topliss-reactive ketones (excluding diaryl/α,β-unsaturated/α-hetero) is 1. The van der Waals surface area contributed by atoms with E-state index in [4.69, 9.17) is 9.47 Å². The summed E-state index contributed by atoms with van der Waals surface area (Å²) in [6, 6.07) is 29.8. The molecule has 4 unspecified atom stereocenters. The van der Waals surface area contributed by atoms with Crippen molar-refractivity contribution >= 4 is 39.3 Å². The monoisotopic (exact) mass is 516 g/mol. The van der Waals surface area contributed by atoms with Gasteiger partial charge in [0.1, 0.15) is 11.8 Å². The van der Waals surface area contributed by atoms with E-state index in [1.807, 2.05) is 60.7 Å². The number of benzene rings is 4. The Labute approximate surface area is 225 Å². The lowest BCUT2D eigenvalue weighted by Gasteiger charge is -2.46. The molecule has 1 fully saturated rings. The van der Waals surface area contributed by atoms with E-state index >= 15 is 0 Å². The Kier molecular flexibility index (Phi) is 6.60. The molecule has 0 radical (unpaired) electrons. The van der Waals surface area contributed by atoms with Gasteiger partial charge < -0.3 is 9.47 Å². The molecule has 4 atom stereocenters. The van der Waals surface area contributed by atoms with Crippen molar-refractivity contribution in [2.75, 3.05) is 14.2 Å². The number of hydrogen-bond donors (Lipinski definition) is 0. The summed E-state index contributed by atoms with van der Waals surface area (Å²) in [7, 11) is 2.28. The predicted octanol–water partition coefficient (Wildman–Crippen LogP) is 5.06. The minimum absolute atomic E-state index is 0.480. The lowest BCUT2D eigenvalue weighted by molar-refractivity contribution is -0.162. The molecule has 1 saturated carbocycles. The number of nitrogens with zero attached hydrogens (tertiary/aromatic N) is 2. The van der Waals surface area contributed by atoms with E-state index in [2.05, 4.69) is 12.1 Å². The van der Waals surface area contributed by atoms with Gasteiger partial charge in [0.2, 0.25) is 0 Å². The van der Waals surface area contributed by atoms with Crippen LogP contribution in [0.1, 0.15) is 23.0 Å². The number of carbonyl (C=O) groups is 3. The molecule has 5 rings (SSSR count). The summed E-state index contributed by atoms with van der Waals surface area (Å²) in [5.41, 5.74) is -1.07. The average molecular weight is 517 g/mol. The van der Waals surface area contributed by atoms with E-state index < -0.39 is 46.8 Å². The summed E-state index contributed by atoms with van der Waals surface area (Å²) in [5, 5.41) is 24.8. The molecule has 1 aliphatic carbocycles. The van der Waals surface area contributed by atoms with Crippen LogP contribution in [-0.4, -0.2) is 31.9 Å². The third-order valence-electron chi connectivity index (χ3n) is 7.86. The quantitative estimate of drug-likeness (QED) is 0.275. The van der Waals surface area contributed by atoms with Crippen LogP contribution in [0.15, 0.2) is 84.9 Å². The normalized spacial score (nSPS) is 22.0. The molecule has 0 spiro atoms. The largest absolute Gasteiger partial charge is 0.468 e. The first-order valence-corrected chi connectivity index (χ1v) is 12.4. The Hall–Kier alpha value is -5.01. The predicted molar refractivity (Wildman–Crippen MR) is 143 cm³/mol. The number of methoxy groups -OCH3 is 2. The van der Waals surface area contributed by atoms with Gasteiger partial charge in [0.15, 0.2) is 11.2 Å². The summed E-state index contributed by atoms with van der Waals surface area (Å²) in [5.74, 6) is -8.22. The molecule has 1 aliphatic rings. The number of hydrogen-bond acceptors (Lipinski definition) is 7. The second-order valence-electron chi connectivity index (χ2n) is 9.59. The van der Waals surface area contributed by atoms with Crippen molar-refractivity contribution in [2.45, 2.75) is 11.8 Å². The second kappa shape index (κ2) is 10.0. The molecule has 4 aromatic rings. The van der Waals surface area contributed by atoms with Crippen LogP contribution in [0.5, 0.6) is 0 Å². The van der Waals surface area contributed by atoms with Crippen LogP contribution in [-0.2, 0) is 23.9 Å². The standard InChI is InChI=1S/C32H24N2O5/c1-38-30(36)25-27(23-15-7-11-19-9-3-5-13-21(19)23)32(17-33,18-34)28(26(29(25)35)31(37)39-2)24-16-8-12-20-10-4-6-14-22(20)24/h3-16,25-28H,1-2H3. The molecule has 0 N–H and O–H groups in total. The van der Waals surface area contributed by atoms with Gasteiger partial charge in [-0.05, 0) is 32.7 Å². The molecule has 0 aliphatic heterocycles. The van der Waals surface area contributed by atoms with E-state index in [1.54, 1.807) is 24.3 Å². The molecule has 39 heavy (non-hydrogen) atoms. The summed E-state index contributed by atoms with van der Waals surface area (Å²) in [4.78, 5) is 40.9. The minimum Gasteiger partial charge on any atom is -0.468 e. The number of rotatable bonds is 4. The van der Waals surface area contributed by atoms with Crippen molar-refractivity contribution in [3.63, 3.8) is 0 Å². The van der Waals surface area contributed by atoms with Gasteiger partial charge in [-0.3, -0.25) is 14.4 Å². The van der Waals surface area contributed by atoms with Crippen LogP contribution in [0.3, 0.4) is 0 Å². The van der Waals surface area contributed by atoms with Crippen LogP contribution in [0.4, 0.5) is 0 Å². The van der Waals surface area contributed by atoms with Crippen molar-refractivity contribution in [1.29, 1.82) is 10.5 Å². The fourth-order valence-electron chi connectivity index (χ4n) is 6.20. The van der Waals surface area contributed by atoms with Gasteiger partial charge in [0.25, 0.3) is 0 Å². The molecular weight excluding hydrogens is 492 g/mol. The van der Waals surface area contributed by atoms with Crippen molar-refractivity contribution in [3.05, 3.63) is 96.1 Å². The van der Waals surface area contributed by atoms with Crippen molar-refractivity contribution in [1.82, 2.24) is 0 Å². The van der Waals surface area contributed by atoms with Crippen molar-refractivity contribution in [3.8, 4) is 12.1 Å². The van der Waals surface area contributed by atoms with E-state index in [9.17, 15) is 24.9 Å². The van der Waals surface area contributed by atoms with Gasteiger partial charge in [-0.1, -0.05) is 84.9 Å². The molecule has 0 amide bonds. The van der Waals surface area contributed by atoms with E-state index in [0.29, 0.717) is 21.9 Å². The SMILES string of the molecule is COC(=O)C1C(=O)C(C(=O)OC)C(c2cccc3ccccc23)C(C#N)(C#N)C1c1cccc2ccccc12. The van der Waals surface area contributed by atoms with Crippen LogP contribution >= 0.6 is 0 Å². The smallest absolute Gasteiger partial charge is 0.316 e.